The molecule has 2 aliphatic rings. The molecule has 0 bridgehead atoms. The Morgan fingerprint density at radius 1 is 1.03 bits per heavy atom. The van der Waals surface area contributed by atoms with E-state index in [0.29, 0.717) is 43.0 Å². The minimum absolute atomic E-state index is 0.294. The third kappa shape index (κ3) is 4.18. The SMILES string of the molecule is COc1ccc(C(C(=O)O)N2CCC(C(N)=O)(N3CCCCC3)CC2)cc1OC. The van der Waals surface area contributed by atoms with E-state index in [9.17, 15) is 14.7 Å². The molecule has 3 rings (SSSR count). The van der Waals surface area contributed by atoms with Crippen LogP contribution >= 0.6 is 0 Å². The summed E-state index contributed by atoms with van der Waals surface area (Å²) in [6, 6.07) is 4.36. The smallest absolute Gasteiger partial charge is 0.325 e. The summed E-state index contributed by atoms with van der Waals surface area (Å²) in [5.41, 5.74) is 5.81. The van der Waals surface area contributed by atoms with Gasteiger partial charge in [-0.2, -0.15) is 0 Å². The van der Waals surface area contributed by atoms with Crippen molar-refractivity contribution >= 4 is 11.9 Å². The van der Waals surface area contributed by atoms with Crippen LogP contribution in [0.2, 0.25) is 0 Å². The van der Waals surface area contributed by atoms with Crippen LogP contribution in [0.4, 0.5) is 0 Å². The molecule has 2 heterocycles. The molecular formula is C21H31N3O5. The molecule has 0 aromatic heterocycles. The molecule has 1 unspecified atom stereocenters. The van der Waals surface area contributed by atoms with Crippen LogP contribution in [0, 0.1) is 0 Å². The van der Waals surface area contributed by atoms with Gasteiger partial charge in [0.25, 0.3) is 0 Å². The number of ether oxygens (including phenoxy) is 2. The number of amides is 1. The number of nitrogens with zero attached hydrogens (tertiary/aromatic N) is 2. The van der Waals surface area contributed by atoms with Crippen LogP contribution in [0.1, 0.15) is 43.7 Å². The molecule has 8 heteroatoms. The second-order valence-electron chi connectivity index (χ2n) is 7.83. The number of hydrogen-bond donors (Lipinski definition) is 2. The number of aliphatic carboxylic acids is 1. The highest BCUT2D eigenvalue weighted by Gasteiger charge is 2.46. The van der Waals surface area contributed by atoms with E-state index in [4.69, 9.17) is 15.2 Å². The summed E-state index contributed by atoms with van der Waals surface area (Å²) < 4.78 is 10.6. The Kier molecular flexibility index (Phi) is 6.64. The predicted molar refractivity (Wildman–Crippen MR) is 108 cm³/mol. The number of methoxy groups -OCH3 is 2. The van der Waals surface area contributed by atoms with Crippen LogP contribution in [-0.4, -0.2) is 72.7 Å². The first kappa shape index (κ1) is 21.4. The monoisotopic (exact) mass is 405 g/mol. The van der Waals surface area contributed by atoms with Crippen molar-refractivity contribution in [3.8, 4) is 11.5 Å². The fourth-order valence-electron chi connectivity index (χ4n) is 4.73. The highest BCUT2D eigenvalue weighted by atomic mass is 16.5. The van der Waals surface area contributed by atoms with Gasteiger partial charge in [0.15, 0.2) is 11.5 Å². The third-order valence-corrected chi connectivity index (χ3v) is 6.37. The van der Waals surface area contributed by atoms with E-state index in [1.54, 1.807) is 25.3 Å². The van der Waals surface area contributed by atoms with Gasteiger partial charge < -0.3 is 20.3 Å². The topological polar surface area (TPSA) is 105 Å². The van der Waals surface area contributed by atoms with Crippen LogP contribution in [0.15, 0.2) is 18.2 Å². The van der Waals surface area contributed by atoms with Crippen molar-refractivity contribution in [2.24, 2.45) is 5.73 Å². The van der Waals surface area contributed by atoms with Crippen LogP contribution < -0.4 is 15.2 Å². The number of carboxylic acid groups (broad SMARTS) is 1. The molecule has 1 atom stereocenters. The number of carbonyl (C=O) groups is 2. The lowest BCUT2D eigenvalue weighted by atomic mass is 9.82. The maximum absolute atomic E-state index is 12.4. The Morgan fingerprint density at radius 2 is 1.66 bits per heavy atom. The second kappa shape index (κ2) is 9.00. The van der Waals surface area contributed by atoms with E-state index in [1.165, 1.54) is 13.5 Å². The first-order valence-electron chi connectivity index (χ1n) is 10.2. The number of piperidine rings is 2. The van der Waals surface area contributed by atoms with Crippen molar-refractivity contribution in [1.82, 2.24) is 9.80 Å². The second-order valence-corrected chi connectivity index (χ2v) is 7.83. The van der Waals surface area contributed by atoms with Crippen molar-refractivity contribution < 1.29 is 24.2 Å². The summed E-state index contributed by atoms with van der Waals surface area (Å²) in [5, 5.41) is 9.94. The van der Waals surface area contributed by atoms with E-state index in [2.05, 4.69) is 4.90 Å². The maximum Gasteiger partial charge on any atom is 0.325 e. The number of likely N-dealkylation sites (tertiary alicyclic amines) is 2. The van der Waals surface area contributed by atoms with E-state index in [0.717, 1.165) is 25.9 Å². The van der Waals surface area contributed by atoms with Gasteiger partial charge in [0.2, 0.25) is 5.91 Å². The van der Waals surface area contributed by atoms with Gasteiger partial charge in [-0.3, -0.25) is 19.4 Å². The number of benzene rings is 1. The zero-order valence-electron chi connectivity index (χ0n) is 17.2. The van der Waals surface area contributed by atoms with Crippen LogP contribution in [0.5, 0.6) is 11.5 Å². The average Bonchev–Trinajstić information content (AvgIpc) is 2.74. The molecule has 1 amide bonds. The molecule has 0 saturated carbocycles. The zero-order chi connectivity index (χ0) is 21.0. The lowest BCUT2D eigenvalue weighted by Crippen LogP contribution is -2.63. The van der Waals surface area contributed by atoms with Crippen molar-refractivity contribution in [1.29, 1.82) is 0 Å². The Hall–Kier alpha value is -2.32. The Bertz CT molecular complexity index is 740. The minimum atomic E-state index is -0.929. The molecule has 2 aliphatic heterocycles. The Labute approximate surface area is 171 Å². The highest BCUT2D eigenvalue weighted by molar-refractivity contribution is 5.85. The molecule has 2 fully saturated rings. The van der Waals surface area contributed by atoms with Crippen molar-refractivity contribution in [2.45, 2.75) is 43.7 Å². The highest BCUT2D eigenvalue weighted by Crippen LogP contribution is 2.37. The van der Waals surface area contributed by atoms with Gasteiger partial charge in [-0.1, -0.05) is 12.5 Å². The van der Waals surface area contributed by atoms with Crippen molar-refractivity contribution in [3.05, 3.63) is 23.8 Å². The molecule has 29 heavy (non-hydrogen) atoms. The average molecular weight is 405 g/mol. The summed E-state index contributed by atoms with van der Waals surface area (Å²) in [4.78, 5) is 28.7. The summed E-state index contributed by atoms with van der Waals surface area (Å²) in [6.07, 6.45) is 4.40. The first-order valence-corrected chi connectivity index (χ1v) is 10.2. The van der Waals surface area contributed by atoms with Crippen LogP contribution in [0.3, 0.4) is 0 Å². The number of rotatable bonds is 7. The van der Waals surface area contributed by atoms with Crippen LogP contribution in [0.25, 0.3) is 0 Å². The molecule has 8 nitrogen and oxygen atoms in total. The zero-order valence-corrected chi connectivity index (χ0v) is 17.2. The summed E-state index contributed by atoms with van der Waals surface area (Å²) in [5.74, 6) is -0.177. The lowest BCUT2D eigenvalue weighted by molar-refractivity contribution is -0.146. The molecule has 2 saturated heterocycles. The fraction of sp³-hybridized carbons (Fsp3) is 0.619. The van der Waals surface area contributed by atoms with E-state index < -0.39 is 17.6 Å². The number of hydrogen-bond acceptors (Lipinski definition) is 6. The standard InChI is InChI=1S/C21H31N3O5/c1-28-16-7-6-15(14-17(16)29-2)18(19(25)26)23-12-8-21(9-13-23,20(22)27)24-10-4-3-5-11-24/h6-7,14,18H,3-5,8-13H2,1-2H3,(H2,22,27)(H,25,26). The van der Waals surface area contributed by atoms with Gasteiger partial charge in [0, 0.05) is 13.1 Å². The molecule has 0 aliphatic carbocycles. The van der Waals surface area contributed by atoms with Gasteiger partial charge in [0.05, 0.1) is 14.2 Å². The molecule has 1 aromatic carbocycles. The third-order valence-electron chi connectivity index (χ3n) is 6.37. The van der Waals surface area contributed by atoms with E-state index in [1.807, 2.05) is 4.90 Å². The Balaban J connectivity index is 1.81. The van der Waals surface area contributed by atoms with E-state index in [-0.39, 0.29) is 5.91 Å². The molecular weight excluding hydrogens is 374 g/mol. The van der Waals surface area contributed by atoms with Gasteiger partial charge in [-0.25, -0.2) is 0 Å². The van der Waals surface area contributed by atoms with Gasteiger partial charge in [-0.05, 0) is 56.5 Å². The van der Waals surface area contributed by atoms with E-state index >= 15 is 0 Å². The van der Waals surface area contributed by atoms with Gasteiger partial charge in [-0.15, -0.1) is 0 Å². The summed E-state index contributed by atoms with van der Waals surface area (Å²) >= 11 is 0. The van der Waals surface area contributed by atoms with Gasteiger partial charge >= 0.3 is 5.97 Å². The number of nitrogens with two attached hydrogens (primary N) is 1. The number of carboxylic acids is 1. The number of carbonyl (C=O) groups excluding carboxylic acids is 1. The normalized spacial score (nSPS) is 21.3. The number of primary amides is 1. The Morgan fingerprint density at radius 3 is 2.17 bits per heavy atom. The molecule has 0 radical (unpaired) electrons. The largest absolute Gasteiger partial charge is 0.493 e. The minimum Gasteiger partial charge on any atom is -0.493 e. The lowest BCUT2D eigenvalue weighted by Gasteiger charge is -2.49. The molecule has 1 aromatic rings. The quantitative estimate of drug-likeness (QED) is 0.710. The van der Waals surface area contributed by atoms with Crippen LogP contribution in [-0.2, 0) is 9.59 Å². The molecule has 0 spiro atoms. The summed E-state index contributed by atoms with van der Waals surface area (Å²) in [6.45, 7) is 2.73. The summed E-state index contributed by atoms with van der Waals surface area (Å²) in [7, 11) is 3.07. The predicted octanol–water partition coefficient (Wildman–Crippen LogP) is 1.64. The maximum atomic E-state index is 12.4. The van der Waals surface area contributed by atoms with Crippen molar-refractivity contribution in [3.63, 3.8) is 0 Å². The molecule has 3 N–H and O–H groups in total. The first-order chi connectivity index (χ1) is 13.9. The molecule has 160 valence electrons. The van der Waals surface area contributed by atoms with Gasteiger partial charge in [0.1, 0.15) is 11.6 Å². The van der Waals surface area contributed by atoms with Crippen molar-refractivity contribution in [2.75, 3.05) is 40.4 Å². The fourth-order valence-corrected chi connectivity index (χ4v) is 4.73.